The van der Waals surface area contributed by atoms with Gasteiger partial charge in [-0.15, -0.1) is 5.10 Å². The average Bonchev–Trinajstić information content (AvgIpc) is 3.77. The van der Waals surface area contributed by atoms with Crippen LogP contribution in [0.4, 0.5) is 11.6 Å². The molecule has 206 valence electrons. The highest BCUT2D eigenvalue weighted by Gasteiger charge is 2.54. The minimum Gasteiger partial charge on any atom is -0.393 e. The lowest BCUT2D eigenvalue weighted by Gasteiger charge is -2.37. The van der Waals surface area contributed by atoms with Gasteiger partial charge in [0, 0.05) is 86.5 Å². The number of nitriles is 1. The largest absolute Gasteiger partial charge is 0.393 e. The third kappa shape index (κ3) is 4.53. The summed E-state index contributed by atoms with van der Waals surface area (Å²) in [6.45, 7) is 2.63. The van der Waals surface area contributed by atoms with Crippen molar-refractivity contribution in [3.8, 4) is 17.2 Å². The summed E-state index contributed by atoms with van der Waals surface area (Å²) >= 11 is 0. The number of fused-ring (bicyclic) bond motifs is 1. The van der Waals surface area contributed by atoms with E-state index in [-0.39, 0.29) is 11.7 Å². The third-order valence-corrected chi connectivity index (χ3v) is 7.92. The fraction of sp³-hybridized carbons (Fsp3) is 0.267. The summed E-state index contributed by atoms with van der Waals surface area (Å²) in [4.78, 5) is 26.8. The van der Waals surface area contributed by atoms with Crippen LogP contribution in [0.25, 0.3) is 22.2 Å². The van der Waals surface area contributed by atoms with E-state index in [0.717, 1.165) is 41.0 Å². The van der Waals surface area contributed by atoms with Crippen LogP contribution >= 0.6 is 0 Å². The van der Waals surface area contributed by atoms with E-state index < -0.39 is 5.41 Å². The number of rotatable bonds is 7. The zero-order chi connectivity index (χ0) is 28.6. The van der Waals surface area contributed by atoms with Crippen LogP contribution in [-0.4, -0.2) is 69.8 Å². The highest BCUT2D eigenvalue weighted by molar-refractivity contribution is 6.09. The van der Waals surface area contributed by atoms with Gasteiger partial charge in [0.2, 0.25) is 5.91 Å². The van der Waals surface area contributed by atoms with E-state index in [1.807, 2.05) is 41.3 Å². The van der Waals surface area contributed by atoms with Crippen LogP contribution in [0.5, 0.6) is 0 Å². The number of hydrogen-bond acceptors (Lipinski definition) is 9. The van der Waals surface area contributed by atoms with Crippen molar-refractivity contribution >= 4 is 34.8 Å². The average molecular weight is 547 g/mol. The van der Waals surface area contributed by atoms with Crippen molar-refractivity contribution in [1.29, 1.82) is 10.7 Å². The van der Waals surface area contributed by atoms with Crippen LogP contribution in [-0.2, 0) is 10.2 Å². The maximum absolute atomic E-state index is 13.4. The number of allylic oxidation sites excluding steroid dienone is 1. The molecule has 6 rings (SSSR count). The number of anilines is 2. The first-order valence-corrected chi connectivity index (χ1v) is 13.5. The molecule has 1 aliphatic heterocycles. The van der Waals surface area contributed by atoms with Gasteiger partial charge in [-0.2, -0.15) is 5.26 Å². The highest BCUT2D eigenvalue weighted by Crippen LogP contribution is 2.48. The second-order valence-electron chi connectivity index (χ2n) is 10.3. The third-order valence-electron chi connectivity index (χ3n) is 7.92. The Kier molecular flexibility index (Phi) is 6.59. The molecule has 0 atom stereocenters. The number of pyridine rings is 3. The molecule has 1 amide bonds. The van der Waals surface area contributed by atoms with Crippen molar-refractivity contribution in [2.24, 2.45) is 0 Å². The van der Waals surface area contributed by atoms with Crippen LogP contribution in [0.15, 0.2) is 61.2 Å². The number of nitrogens with two attached hydrogens (primary N) is 1. The van der Waals surface area contributed by atoms with Crippen LogP contribution in [0.3, 0.4) is 0 Å². The second kappa shape index (κ2) is 10.4. The predicted octanol–water partition coefficient (Wildman–Crippen LogP) is 2.84. The summed E-state index contributed by atoms with van der Waals surface area (Å²) in [6.07, 6.45) is 9.98. The van der Waals surface area contributed by atoms with Gasteiger partial charge in [-0.25, -0.2) is 9.50 Å². The second-order valence-corrected chi connectivity index (χ2v) is 10.3. The summed E-state index contributed by atoms with van der Waals surface area (Å²) < 4.78 is 1.59. The molecule has 1 saturated heterocycles. The van der Waals surface area contributed by atoms with Crippen molar-refractivity contribution in [3.05, 3.63) is 78.0 Å². The molecule has 0 spiro atoms. The van der Waals surface area contributed by atoms with Gasteiger partial charge in [0.25, 0.3) is 0 Å². The van der Waals surface area contributed by atoms with Crippen molar-refractivity contribution < 1.29 is 4.79 Å². The first-order chi connectivity index (χ1) is 20.0. The van der Waals surface area contributed by atoms with Crippen LogP contribution < -0.4 is 16.0 Å². The Hall–Kier alpha value is -5.24. The van der Waals surface area contributed by atoms with E-state index in [1.54, 1.807) is 36.4 Å². The van der Waals surface area contributed by atoms with Crippen molar-refractivity contribution in [2.45, 2.75) is 18.3 Å². The molecule has 2 aliphatic rings. The van der Waals surface area contributed by atoms with Gasteiger partial charge in [0.05, 0.1) is 16.6 Å². The predicted molar refractivity (Wildman–Crippen MR) is 157 cm³/mol. The standard InChI is InChI=1S/C30H30N10O/c1-34-17-22(15-31)21-14-23(27-24(16-32)28(33)37-40(27)19-21)20-5-6-26(36-18-20)38-10-12-39(13-11-38)29(41)30(7-8-30)25-4-2-3-9-35-25/h2-6,9,14-15,17-19,31,34H,7-8,10-13H2,1H3,(H2,33,37)/b22-17+,31-15?. The number of aromatic nitrogens is 4. The van der Waals surface area contributed by atoms with E-state index in [1.165, 1.54) is 6.21 Å². The van der Waals surface area contributed by atoms with Crippen molar-refractivity contribution in [2.75, 3.05) is 43.9 Å². The summed E-state index contributed by atoms with van der Waals surface area (Å²) in [5.41, 5.74) is 10.3. The fourth-order valence-electron chi connectivity index (χ4n) is 5.57. The Morgan fingerprint density at radius 1 is 1.17 bits per heavy atom. The number of nitrogens with zero attached hydrogens (tertiary/aromatic N) is 7. The minimum atomic E-state index is -0.456. The van der Waals surface area contributed by atoms with Gasteiger partial charge in [-0.1, -0.05) is 6.07 Å². The first-order valence-electron chi connectivity index (χ1n) is 13.5. The smallest absolute Gasteiger partial charge is 0.234 e. The summed E-state index contributed by atoms with van der Waals surface area (Å²) in [6, 6.07) is 13.8. The molecular weight excluding hydrogens is 516 g/mol. The van der Waals surface area contributed by atoms with E-state index in [2.05, 4.69) is 26.4 Å². The number of carbonyl (C=O) groups is 1. The van der Waals surface area contributed by atoms with E-state index in [4.69, 9.17) is 16.1 Å². The summed E-state index contributed by atoms with van der Waals surface area (Å²) in [5, 5.41) is 24.9. The molecule has 4 aromatic rings. The van der Waals surface area contributed by atoms with Crippen LogP contribution in [0.2, 0.25) is 0 Å². The lowest BCUT2D eigenvalue weighted by molar-refractivity contribution is -0.134. The molecule has 0 aromatic carbocycles. The number of nitrogens with one attached hydrogen (secondary N) is 2. The van der Waals surface area contributed by atoms with Gasteiger partial charge in [0.1, 0.15) is 17.5 Å². The molecule has 4 aromatic heterocycles. The maximum atomic E-state index is 13.4. The number of carbonyl (C=O) groups excluding carboxylic acids is 1. The first kappa shape index (κ1) is 26.0. The van der Waals surface area contributed by atoms with Crippen molar-refractivity contribution in [3.63, 3.8) is 0 Å². The van der Waals surface area contributed by atoms with E-state index in [9.17, 15) is 10.1 Å². The number of piperazine rings is 1. The van der Waals surface area contributed by atoms with Crippen LogP contribution in [0, 0.1) is 16.7 Å². The Morgan fingerprint density at radius 2 is 1.98 bits per heavy atom. The Labute approximate surface area is 237 Å². The molecule has 5 heterocycles. The lowest BCUT2D eigenvalue weighted by Crippen LogP contribution is -2.51. The molecule has 2 fully saturated rings. The molecule has 4 N–H and O–H groups in total. The monoisotopic (exact) mass is 546 g/mol. The highest BCUT2D eigenvalue weighted by atomic mass is 16.2. The van der Waals surface area contributed by atoms with Crippen LogP contribution in [0.1, 0.15) is 29.7 Å². The molecule has 0 radical (unpaired) electrons. The van der Waals surface area contributed by atoms with Gasteiger partial charge in [-0.3, -0.25) is 9.78 Å². The number of nitrogen functional groups attached to an aromatic ring is 1. The Bertz CT molecular complexity index is 1690. The van der Waals surface area contributed by atoms with E-state index in [0.29, 0.717) is 42.8 Å². The molecule has 41 heavy (non-hydrogen) atoms. The topological polar surface area (TPSA) is 152 Å². The van der Waals surface area contributed by atoms with E-state index >= 15 is 0 Å². The molecular formula is C30H30N10O. The van der Waals surface area contributed by atoms with Crippen molar-refractivity contribution in [1.82, 2.24) is 29.8 Å². The Balaban J connectivity index is 1.24. The molecule has 1 saturated carbocycles. The quantitative estimate of drug-likeness (QED) is 0.299. The maximum Gasteiger partial charge on any atom is 0.234 e. The lowest BCUT2D eigenvalue weighted by atomic mass is 9.99. The number of amides is 1. The molecule has 11 heteroatoms. The zero-order valence-corrected chi connectivity index (χ0v) is 22.7. The SMILES string of the molecule is CN/C=C(\C=N)c1cc(-c2ccc(N3CCN(C(=O)C4(c5ccccn5)CC4)CC3)nc2)c2c(C#N)c(N)nn2c1. The van der Waals surface area contributed by atoms with Gasteiger partial charge >= 0.3 is 0 Å². The summed E-state index contributed by atoms with van der Waals surface area (Å²) in [5.74, 6) is 1.14. The number of hydrogen-bond donors (Lipinski definition) is 3. The molecule has 1 aliphatic carbocycles. The fourth-order valence-corrected chi connectivity index (χ4v) is 5.57. The van der Waals surface area contributed by atoms with Gasteiger partial charge in [-0.05, 0) is 43.2 Å². The minimum absolute atomic E-state index is 0.146. The molecule has 0 bridgehead atoms. The normalized spacial score (nSPS) is 16.3. The van der Waals surface area contributed by atoms with Gasteiger partial charge in [0.15, 0.2) is 5.82 Å². The van der Waals surface area contributed by atoms with Gasteiger partial charge < -0.3 is 26.3 Å². The molecule has 11 nitrogen and oxygen atoms in total. The Morgan fingerprint density at radius 3 is 2.59 bits per heavy atom. The summed E-state index contributed by atoms with van der Waals surface area (Å²) in [7, 11) is 1.77. The molecule has 0 unspecified atom stereocenters. The zero-order valence-electron chi connectivity index (χ0n) is 22.7.